The van der Waals surface area contributed by atoms with Crippen molar-refractivity contribution < 1.29 is 15.0 Å². The quantitative estimate of drug-likeness (QED) is 0.784. The standard InChI is InChI=1S/C12H16O3/c1-12(2,3)10(13)8-5-4-6-9(7-8)11(14)15/h4-7,10,13H,1-3H3,(H,14,15). The van der Waals surface area contributed by atoms with E-state index in [1.165, 1.54) is 12.1 Å². The maximum atomic E-state index is 10.7. The summed E-state index contributed by atoms with van der Waals surface area (Å²) in [6.07, 6.45) is -0.656. The Morgan fingerprint density at radius 3 is 2.40 bits per heavy atom. The molecule has 1 unspecified atom stereocenters. The minimum absolute atomic E-state index is 0.204. The van der Waals surface area contributed by atoms with Crippen LogP contribution < -0.4 is 0 Å². The molecule has 82 valence electrons. The highest BCUT2D eigenvalue weighted by Crippen LogP contribution is 2.32. The summed E-state index contributed by atoms with van der Waals surface area (Å²) in [7, 11) is 0. The molecule has 1 aromatic rings. The second-order valence-corrected chi connectivity index (χ2v) is 4.70. The lowest BCUT2D eigenvalue weighted by Gasteiger charge is -2.26. The molecule has 0 saturated heterocycles. The van der Waals surface area contributed by atoms with Crippen LogP contribution in [0.3, 0.4) is 0 Å². The van der Waals surface area contributed by atoms with E-state index in [0.717, 1.165) is 0 Å². The van der Waals surface area contributed by atoms with Crippen molar-refractivity contribution in [2.45, 2.75) is 26.9 Å². The summed E-state index contributed by atoms with van der Waals surface area (Å²) in [5.74, 6) is -0.974. The molecule has 3 nitrogen and oxygen atoms in total. The summed E-state index contributed by atoms with van der Waals surface area (Å²) >= 11 is 0. The van der Waals surface area contributed by atoms with Gasteiger partial charge in [0.1, 0.15) is 0 Å². The van der Waals surface area contributed by atoms with Crippen molar-refractivity contribution in [2.75, 3.05) is 0 Å². The van der Waals surface area contributed by atoms with Crippen LogP contribution in [0, 0.1) is 5.41 Å². The molecule has 0 amide bonds. The number of hydrogen-bond donors (Lipinski definition) is 2. The number of carboxylic acids is 1. The summed E-state index contributed by atoms with van der Waals surface area (Å²) in [4.78, 5) is 10.7. The number of rotatable bonds is 2. The second kappa shape index (κ2) is 4.03. The van der Waals surface area contributed by atoms with Gasteiger partial charge < -0.3 is 10.2 Å². The van der Waals surface area contributed by atoms with Gasteiger partial charge >= 0.3 is 5.97 Å². The van der Waals surface area contributed by atoms with Gasteiger partial charge in [0.15, 0.2) is 0 Å². The lowest BCUT2D eigenvalue weighted by Crippen LogP contribution is -2.18. The SMILES string of the molecule is CC(C)(C)C(O)c1cccc(C(=O)O)c1. The van der Waals surface area contributed by atoms with Crippen molar-refractivity contribution in [3.05, 3.63) is 35.4 Å². The van der Waals surface area contributed by atoms with Crippen LogP contribution in [-0.4, -0.2) is 16.2 Å². The number of aliphatic hydroxyl groups is 1. The molecule has 1 rings (SSSR count). The third kappa shape index (κ3) is 2.80. The topological polar surface area (TPSA) is 57.5 Å². The van der Waals surface area contributed by atoms with E-state index < -0.39 is 12.1 Å². The number of benzene rings is 1. The van der Waals surface area contributed by atoms with Gasteiger partial charge in [0.05, 0.1) is 11.7 Å². The highest BCUT2D eigenvalue weighted by atomic mass is 16.4. The summed E-state index contributed by atoms with van der Waals surface area (Å²) in [6, 6.07) is 6.41. The fraction of sp³-hybridized carbons (Fsp3) is 0.417. The summed E-state index contributed by atoms with van der Waals surface area (Å²) in [5, 5.41) is 18.8. The largest absolute Gasteiger partial charge is 0.478 e. The molecule has 0 aliphatic rings. The summed E-state index contributed by atoms with van der Waals surface area (Å²) in [5.41, 5.74) is 0.551. The minimum atomic E-state index is -0.974. The van der Waals surface area contributed by atoms with Crippen LogP contribution >= 0.6 is 0 Å². The molecule has 0 radical (unpaired) electrons. The minimum Gasteiger partial charge on any atom is -0.478 e. The highest BCUT2D eigenvalue weighted by Gasteiger charge is 2.24. The Bertz CT molecular complexity index is 363. The van der Waals surface area contributed by atoms with Crippen LogP contribution in [-0.2, 0) is 0 Å². The average Bonchev–Trinajstić information content (AvgIpc) is 2.15. The number of carboxylic acid groups (broad SMARTS) is 1. The third-order valence-electron chi connectivity index (χ3n) is 2.27. The Morgan fingerprint density at radius 1 is 1.33 bits per heavy atom. The fourth-order valence-electron chi connectivity index (χ4n) is 1.34. The van der Waals surface area contributed by atoms with E-state index in [1.54, 1.807) is 12.1 Å². The second-order valence-electron chi connectivity index (χ2n) is 4.70. The van der Waals surface area contributed by atoms with Crippen LogP contribution in [0.15, 0.2) is 24.3 Å². The monoisotopic (exact) mass is 208 g/mol. The van der Waals surface area contributed by atoms with E-state index in [1.807, 2.05) is 20.8 Å². The van der Waals surface area contributed by atoms with E-state index in [2.05, 4.69) is 0 Å². The van der Waals surface area contributed by atoms with Crippen LogP contribution in [0.1, 0.15) is 42.8 Å². The van der Waals surface area contributed by atoms with Gasteiger partial charge in [-0.15, -0.1) is 0 Å². The van der Waals surface area contributed by atoms with Crippen molar-refractivity contribution >= 4 is 5.97 Å². The molecule has 0 spiro atoms. The summed E-state index contributed by atoms with van der Waals surface area (Å²) in [6.45, 7) is 5.72. The lowest BCUT2D eigenvalue weighted by molar-refractivity contribution is 0.0620. The third-order valence-corrected chi connectivity index (χ3v) is 2.27. The van der Waals surface area contributed by atoms with Crippen molar-refractivity contribution in [1.29, 1.82) is 0 Å². The molecule has 0 aromatic heterocycles. The van der Waals surface area contributed by atoms with Gasteiger partial charge in [-0.05, 0) is 23.1 Å². The Balaban J connectivity index is 3.06. The molecule has 2 N–H and O–H groups in total. The Kier molecular flexibility index (Phi) is 3.15. The Labute approximate surface area is 89.4 Å². The molecule has 1 atom stereocenters. The zero-order valence-corrected chi connectivity index (χ0v) is 9.19. The summed E-state index contributed by atoms with van der Waals surface area (Å²) < 4.78 is 0. The molecule has 0 fully saturated rings. The average molecular weight is 208 g/mol. The molecular formula is C12H16O3. The fourth-order valence-corrected chi connectivity index (χ4v) is 1.34. The maximum absolute atomic E-state index is 10.7. The lowest BCUT2D eigenvalue weighted by atomic mass is 9.84. The van der Waals surface area contributed by atoms with Crippen LogP contribution in [0.5, 0.6) is 0 Å². The maximum Gasteiger partial charge on any atom is 0.335 e. The van der Waals surface area contributed by atoms with E-state index in [0.29, 0.717) is 5.56 Å². The van der Waals surface area contributed by atoms with Gasteiger partial charge in [-0.2, -0.15) is 0 Å². The number of aromatic carboxylic acids is 1. The Hall–Kier alpha value is -1.35. The molecule has 0 aliphatic heterocycles. The van der Waals surface area contributed by atoms with Gasteiger partial charge in [0.25, 0.3) is 0 Å². The first-order valence-corrected chi connectivity index (χ1v) is 4.83. The first-order chi connectivity index (χ1) is 6.82. The zero-order chi connectivity index (χ0) is 11.6. The van der Waals surface area contributed by atoms with Crippen molar-refractivity contribution in [3.63, 3.8) is 0 Å². The van der Waals surface area contributed by atoms with E-state index in [-0.39, 0.29) is 11.0 Å². The van der Waals surface area contributed by atoms with Gasteiger partial charge in [-0.25, -0.2) is 4.79 Å². The zero-order valence-electron chi connectivity index (χ0n) is 9.19. The van der Waals surface area contributed by atoms with Crippen LogP contribution in [0.25, 0.3) is 0 Å². The number of carbonyl (C=O) groups is 1. The Morgan fingerprint density at radius 2 is 1.93 bits per heavy atom. The van der Waals surface area contributed by atoms with E-state index in [4.69, 9.17) is 5.11 Å². The smallest absolute Gasteiger partial charge is 0.335 e. The predicted molar refractivity (Wildman–Crippen MR) is 57.8 cm³/mol. The van der Waals surface area contributed by atoms with Crippen molar-refractivity contribution in [2.24, 2.45) is 5.41 Å². The highest BCUT2D eigenvalue weighted by molar-refractivity contribution is 5.87. The molecule has 3 heteroatoms. The molecule has 0 aliphatic carbocycles. The van der Waals surface area contributed by atoms with Crippen molar-refractivity contribution in [1.82, 2.24) is 0 Å². The number of hydrogen-bond acceptors (Lipinski definition) is 2. The molecule has 1 aromatic carbocycles. The molecular weight excluding hydrogens is 192 g/mol. The normalized spacial score (nSPS) is 13.6. The molecule has 0 saturated carbocycles. The van der Waals surface area contributed by atoms with Crippen molar-refractivity contribution in [3.8, 4) is 0 Å². The number of aliphatic hydroxyl groups excluding tert-OH is 1. The molecule has 15 heavy (non-hydrogen) atoms. The van der Waals surface area contributed by atoms with E-state index >= 15 is 0 Å². The first kappa shape index (κ1) is 11.7. The van der Waals surface area contributed by atoms with E-state index in [9.17, 15) is 9.90 Å². The predicted octanol–water partition coefficient (Wildman–Crippen LogP) is 2.46. The van der Waals surface area contributed by atoms with Gasteiger partial charge in [-0.3, -0.25) is 0 Å². The van der Waals surface area contributed by atoms with Crippen LogP contribution in [0.4, 0.5) is 0 Å². The molecule has 0 bridgehead atoms. The van der Waals surface area contributed by atoms with Gasteiger partial charge in [0, 0.05) is 0 Å². The first-order valence-electron chi connectivity index (χ1n) is 4.83. The van der Waals surface area contributed by atoms with Gasteiger partial charge in [-0.1, -0.05) is 32.9 Å². The van der Waals surface area contributed by atoms with Crippen LogP contribution in [0.2, 0.25) is 0 Å². The van der Waals surface area contributed by atoms with Gasteiger partial charge in [0.2, 0.25) is 0 Å². The molecule has 0 heterocycles.